The van der Waals surface area contributed by atoms with Gasteiger partial charge in [-0.3, -0.25) is 4.79 Å². The molecule has 0 aromatic heterocycles. The van der Waals surface area contributed by atoms with Crippen LogP contribution in [0.2, 0.25) is 5.02 Å². The lowest BCUT2D eigenvalue weighted by Gasteiger charge is -2.16. The highest BCUT2D eigenvalue weighted by Gasteiger charge is 2.15. The second-order valence-corrected chi connectivity index (χ2v) is 5.24. The first-order chi connectivity index (χ1) is 8.66. The average Bonchev–Trinajstić information content (AvgIpc) is 2.61. The predicted molar refractivity (Wildman–Crippen MR) is 74.2 cm³/mol. The van der Waals surface area contributed by atoms with Crippen molar-refractivity contribution in [2.45, 2.75) is 32.2 Å². The van der Waals surface area contributed by atoms with E-state index in [1.165, 1.54) is 6.42 Å². The van der Waals surface area contributed by atoms with Gasteiger partial charge in [0, 0.05) is 23.2 Å². The third-order valence-electron chi connectivity index (χ3n) is 3.32. The molecule has 1 aromatic carbocycles. The van der Waals surface area contributed by atoms with E-state index in [0.717, 1.165) is 31.5 Å². The fourth-order valence-electron chi connectivity index (χ4n) is 2.15. The van der Waals surface area contributed by atoms with E-state index in [9.17, 15) is 4.79 Å². The van der Waals surface area contributed by atoms with Crippen molar-refractivity contribution in [1.29, 1.82) is 0 Å². The summed E-state index contributed by atoms with van der Waals surface area (Å²) in [5, 5.41) is 7.04. The molecule has 4 heteroatoms. The van der Waals surface area contributed by atoms with Crippen LogP contribution in [0.25, 0.3) is 0 Å². The Morgan fingerprint density at radius 3 is 3.06 bits per heavy atom. The summed E-state index contributed by atoms with van der Waals surface area (Å²) in [7, 11) is 0. The molecule has 1 unspecified atom stereocenters. The van der Waals surface area contributed by atoms with E-state index in [-0.39, 0.29) is 11.9 Å². The van der Waals surface area contributed by atoms with Crippen molar-refractivity contribution in [3.05, 3.63) is 34.3 Å². The number of hydrogen-bond donors (Lipinski definition) is 2. The van der Waals surface area contributed by atoms with Gasteiger partial charge in [-0.05, 0) is 44.0 Å². The number of hydrogen-bond acceptors (Lipinski definition) is 2. The van der Waals surface area contributed by atoms with Crippen molar-refractivity contribution < 1.29 is 4.79 Å². The SMILES string of the molecule is Cc1ccc(C(=O)NC2CCCCNC2)cc1Cl. The van der Waals surface area contributed by atoms with Gasteiger partial charge in [0.2, 0.25) is 0 Å². The van der Waals surface area contributed by atoms with E-state index in [0.29, 0.717) is 10.6 Å². The van der Waals surface area contributed by atoms with Gasteiger partial charge in [0.1, 0.15) is 0 Å². The van der Waals surface area contributed by atoms with Gasteiger partial charge >= 0.3 is 0 Å². The van der Waals surface area contributed by atoms with E-state index in [4.69, 9.17) is 11.6 Å². The molecule has 1 amide bonds. The van der Waals surface area contributed by atoms with Crippen LogP contribution in [0.4, 0.5) is 0 Å². The van der Waals surface area contributed by atoms with Crippen LogP contribution in [0.5, 0.6) is 0 Å². The first kappa shape index (κ1) is 13.4. The largest absolute Gasteiger partial charge is 0.348 e. The molecule has 0 spiro atoms. The normalized spacial score (nSPS) is 20.2. The average molecular weight is 267 g/mol. The standard InChI is InChI=1S/C14H19ClN2O/c1-10-5-6-11(8-13(10)15)14(18)17-12-4-2-3-7-16-9-12/h5-6,8,12,16H,2-4,7,9H2,1H3,(H,17,18). The third-order valence-corrected chi connectivity index (χ3v) is 3.72. The third kappa shape index (κ3) is 3.47. The molecule has 1 fully saturated rings. The Morgan fingerprint density at radius 1 is 1.44 bits per heavy atom. The minimum absolute atomic E-state index is 0.0365. The second-order valence-electron chi connectivity index (χ2n) is 4.83. The van der Waals surface area contributed by atoms with E-state index >= 15 is 0 Å². The van der Waals surface area contributed by atoms with Crippen molar-refractivity contribution in [1.82, 2.24) is 10.6 Å². The second kappa shape index (κ2) is 6.21. The number of amides is 1. The van der Waals surface area contributed by atoms with Gasteiger partial charge < -0.3 is 10.6 Å². The van der Waals surface area contributed by atoms with Crippen molar-refractivity contribution in [2.75, 3.05) is 13.1 Å². The summed E-state index contributed by atoms with van der Waals surface area (Å²) in [6, 6.07) is 5.65. The molecule has 0 bridgehead atoms. The van der Waals surface area contributed by atoms with Gasteiger partial charge in [-0.25, -0.2) is 0 Å². The summed E-state index contributed by atoms with van der Waals surface area (Å²) in [6.07, 6.45) is 3.38. The van der Waals surface area contributed by atoms with E-state index in [1.54, 1.807) is 6.07 Å². The molecule has 2 N–H and O–H groups in total. The summed E-state index contributed by atoms with van der Waals surface area (Å²) in [6.45, 7) is 3.83. The minimum atomic E-state index is -0.0365. The topological polar surface area (TPSA) is 41.1 Å². The fraction of sp³-hybridized carbons (Fsp3) is 0.500. The molecule has 2 rings (SSSR count). The maximum atomic E-state index is 12.1. The molecule has 1 aliphatic heterocycles. The van der Waals surface area contributed by atoms with Crippen LogP contribution in [0.15, 0.2) is 18.2 Å². The summed E-state index contributed by atoms with van der Waals surface area (Å²) in [5.74, 6) is -0.0365. The van der Waals surface area contributed by atoms with E-state index in [2.05, 4.69) is 10.6 Å². The van der Waals surface area contributed by atoms with E-state index in [1.807, 2.05) is 19.1 Å². The maximum absolute atomic E-state index is 12.1. The summed E-state index contributed by atoms with van der Waals surface area (Å²) in [5.41, 5.74) is 1.62. The minimum Gasteiger partial charge on any atom is -0.348 e. The van der Waals surface area contributed by atoms with E-state index < -0.39 is 0 Å². The number of benzene rings is 1. The van der Waals surface area contributed by atoms with Gasteiger partial charge in [-0.2, -0.15) is 0 Å². The van der Waals surface area contributed by atoms with Crippen molar-refractivity contribution in [3.63, 3.8) is 0 Å². The van der Waals surface area contributed by atoms with Crippen molar-refractivity contribution in [2.24, 2.45) is 0 Å². The van der Waals surface area contributed by atoms with Crippen LogP contribution >= 0.6 is 11.6 Å². The Hall–Kier alpha value is -1.06. The molecular formula is C14H19ClN2O. The Labute approximate surface area is 113 Å². The first-order valence-corrected chi connectivity index (χ1v) is 6.82. The van der Waals surface area contributed by atoms with Crippen LogP contribution in [0.3, 0.4) is 0 Å². The molecule has 1 atom stereocenters. The highest BCUT2D eigenvalue weighted by Crippen LogP contribution is 2.17. The molecule has 1 saturated heterocycles. The molecule has 0 aliphatic carbocycles. The van der Waals surface area contributed by atoms with Gasteiger partial charge in [0.05, 0.1) is 0 Å². The number of carbonyl (C=O) groups is 1. The number of aryl methyl sites for hydroxylation is 1. The van der Waals surface area contributed by atoms with Crippen LogP contribution < -0.4 is 10.6 Å². The number of halogens is 1. The van der Waals surface area contributed by atoms with Crippen molar-refractivity contribution >= 4 is 17.5 Å². The highest BCUT2D eigenvalue weighted by molar-refractivity contribution is 6.31. The quantitative estimate of drug-likeness (QED) is 0.864. The lowest BCUT2D eigenvalue weighted by atomic mass is 10.1. The smallest absolute Gasteiger partial charge is 0.251 e. The van der Waals surface area contributed by atoms with Crippen LogP contribution in [-0.4, -0.2) is 25.0 Å². The summed E-state index contributed by atoms with van der Waals surface area (Å²) < 4.78 is 0. The zero-order valence-corrected chi connectivity index (χ0v) is 11.4. The number of carbonyl (C=O) groups excluding carboxylic acids is 1. The van der Waals surface area contributed by atoms with Gasteiger partial charge in [0.25, 0.3) is 5.91 Å². The van der Waals surface area contributed by atoms with Crippen LogP contribution in [0.1, 0.15) is 35.2 Å². The Bertz CT molecular complexity index is 426. The zero-order valence-electron chi connectivity index (χ0n) is 10.6. The summed E-state index contributed by atoms with van der Waals surface area (Å²) >= 11 is 6.03. The highest BCUT2D eigenvalue weighted by atomic mass is 35.5. The molecule has 1 aliphatic rings. The maximum Gasteiger partial charge on any atom is 0.251 e. The summed E-state index contributed by atoms with van der Waals surface area (Å²) in [4.78, 5) is 12.1. The first-order valence-electron chi connectivity index (χ1n) is 6.44. The zero-order chi connectivity index (χ0) is 13.0. The van der Waals surface area contributed by atoms with Gasteiger partial charge in [-0.1, -0.05) is 24.1 Å². The predicted octanol–water partition coefficient (Wildman–Crippen LogP) is 2.52. The molecular weight excluding hydrogens is 248 g/mol. The molecule has 3 nitrogen and oxygen atoms in total. The monoisotopic (exact) mass is 266 g/mol. The van der Waals surface area contributed by atoms with Crippen LogP contribution in [-0.2, 0) is 0 Å². The molecule has 98 valence electrons. The van der Waals surface area contributed by atoms with Gasteiger partial charge in [-0.15, -0.1) is 0 Å². The Kier molecular flexibility index (Phi) is 4.61. The molecule has 0 saturated carbocycles. The fourth-order valence-corrected chi connectivity index (χ4v) is 2.33. The number of nitrogens with one attached hydrogen (secondary N) is 2. The lowest BCUT2D eigenvalue weighted by Crippen LogP contribution is -2.40. The molecule has 18 heavy (non-hydrogen) atoms. The van der Waals surface area contributed by atoms with Crippen molar-refractivity contribution in [3.8, 4) is 0 Å². The van der Waals surface area contributed by atoms with Gasteiger partial charge in [0.15, 0.2) is 0 Å². The number of rotatable bonds is 2. The van der Waals surface area contributed by atoms with Crippen LogP contribution in [0, 0.1) is 6.92 Å². The molecule has 0 radical (unpaired) electrons. The Balaban J connectivity index is 1.99. The molecule has 1 aromatic rings. The molecule has 1 heterocycles. The lowest BCUT2D eigenvalue weighted by molar-refractivity contribution is 0.0935. The Morgan fingerprint density at radius 2 is 2.28 bits per heavy atom.